The predicted octanol–water partition coefficient (Wildman–Crippen LogP) is 4.30. The van der Waals surface area contributed by atoms with Crippen molar-refractivity contribution in [1.82, 2.24) is 4.98 Å². The third kappa shape index (κ3) is 3.22. The standard InChI is InChI=1S/C13H18Br2N2/c1-10-8-12(15)13(16-9-10)17-7-3-5-11(17)4-2-6-14/h8-9,11H,2-7H2,1H3. The molecule has 4 heteroatoms. The smallest absolute Gasteiger partial charge is 0.143 e. The highest BCUT2D eigenvalue weighted by Gasteiger charge is 2.26. The fraction of sp³-hybridized carbons (Fsp3) is 0.615. The van der Waals surface area contributed by atoms with Gasteiger partial charge in [-0.2, -0.15) is 0 Å². The van der Waals surface area contributed by atoms with Gasteiger partial charge in [0.1, 0.15) is 5.82 Å². The van der Waals surface area contributed by atoms with Crippen LogP contribution in [0.4, 0.5) is 5.82 Å². The lowest BCUT2D eigenvalue weighted by Gasteiger charge is -2.26. The lowest BCUT2D eigenvalue weighted by atomic mass is 10.1. The fourth-order valence-electron chi connectivity index (χ4n) is 2.47. The summed E-state index contributed by atoms with van der Waals surface area (Å²) in [6.45, 7) is 3.22. The molecule has 0 saturated carbocycles. The van der Waals surface area contributed by atoms with Gasteiger partial charge in [0, 0.05) is 24.1 Å². The molecule has 1 unspecified atom stereocenters. The number of anilines is 1. The van der Waals surface area contributed by atoms with E-state index in [0.29, 0.717) is 6.04 Å². The quantitative estimate of drug-likeness (QED) is 0.743. The second-order valence-electron chi connectivity index (χ2n) is 4.64. The van der Waals surface area contributed by atoms with Crippen molar-refractivity contribution in [2.24, 2.45) is 0 Å². The van der Waals surface area contributed by atoms with Gasteiger partial charge in [0.25, 0.3) is 0 Å². The maximum absolute atomic E-state index is 4.59. The Bertz CT molecular complexity index is 382. The monoisotopic (exact) mass is 360 g/mol. The molecule has 1 aromatic heterocycles. The number of halogens is 2. The minimum Gasteiger partial charge on any atom is -0.353 e. The molecule has 1 aliphatic heterocycles. The summed E-state index contributed by atoms with van der Waals surface area (Å²) in [5.74, 6) is 1.12. The molecule has 2 nitrogen and oxygen atoms in total. The van der Waals surface area contributed by atoms with Gasteiger partial charge in [0.15, 0.2) is 0 Å². The zero-order chi connectivity index (χ0) is 12.3. The highest BCUT2D eigenvalue weighted by Crippen LogP contribution is 2.32. The van der Waals surface area contributed by atoms with Crippen LogP contribution in [-0.4, -0.2) is 22.9 Å². The Hall–Kier alpha value is -0.0900. The van der Waals surface area contributed by atoms with E-state index in [4.69, 9.17) is 0 Å². The van der Waals surface area contributed by atoms with E-state index in [1.807, 2.05) is 6.20 Å². The first kappa shape index (κ1) is 13.3. The van der Waals surface area contributed by atoms with Crippen molar-refractivity contribution < 1.29 is 0 Å². The van der Waals surface area contributed by atoms with Crippen LogP contribution >= 0.6 is 31.9 Å². The Kier molecular flexibility index (Phi) is 4.86. The number of alkyl halides is 1. The number of aromatic nitrogens is 1. The van der Waals surface area contributed by atoms with Gasteiger partial charge in [-0.3, -0.25) is 0 Å². The van der Waals surface area contributed by atoms with E-state index in [2.05, 4.69) is 54.7 Å². The van der Waals surface area contributed by atoms with Gasteiger partial charge in [-0.05, 0) is 60.2 Å². The molecule has 0 N–H and O–H groups in total. The van der Waals surface area contributed by atoms with Crippen LogP contribution in [0.3, 0.4) is 0 Å². The lowest BCUT2D eigenvalue weighted by molar-refractivity contribution is 0.600. The normalized spacial score (nSPS) is 19.9. The first-order valence-electron chi connectivity index (χ1n) is 6.17. The number of hydrogen-bond donors (Lipinski definition) is 0. The highest BCUT2D eigenvalue weighted by atomic mass is 79.9. The van der Waals surface area contributed by atoms with E-state index >= 15 is 0 Å². The van der Waals surface area contributed by atoms with Crippen molar-refractivity contribution >= 4 is 37.7 Å². The topological polar surface area (TPSA) is 16.1 Å². The predicted molar refractivity (Wildman–Crippen MR) is 80.1 cm³/mol. The van der Waals surface area contributed by atoms with Crippen molar-refractivity contribution in [3.05, 3.63) is 22.3 Å². The largest absolute Gasteiger partial charge is 0.353 e. The SMILES string of the molecule is Cc1cnc(N2CCCC2CCCBr)c(Br)c1. The molecule has 1 aliphatic rings. The van der Waals surface area contributed by atoms with E-state index in [-0.39, 0.29) is 0 Å². The summed E-state index contributed by atoms with van der Waals surface area (Å²) < 4.78 is 1.13. The average Bonchev–Trinajstić information content (AvgIpc) is 2.74. The average molecular weight is 362 g/mol. The Morgan fingerprint density at radius 3 is 3.06 bits per heavy atom. The van der Waals surface area contributed by atoms with E-state index in [1.54, 1.807) is 0 Å². The molecule has 0 radical (unpaired) electrons. The maximum Gasteiger partial charge on any atom is 0.143 e. The minimum absolute atomic E-state index is 0.666. The van der Waals surface area contributed by atoms with E-state index < -0.39 is 0 Å². The molecule has 1 saturated heterocycles. The molecule has 17 heavy (non-hydrogen) atoms. The van der Waals surface area contributed by atoms with Gasteiger partial charge in [0.2, 0.25) is 0 Å². The van der Waals surface area contributed by atoms with Crippen molar-refractivity contribution in [3.63, 3.8) is 0 Å². The molecule has 0 amide bonds. The third-order valence-corrected chi connectivity index (χ3v) is 4.42. The molecule has 0 aliphatic carbocycles. The van der Waals surface area contributed by atoms with Gasteiger partial charge < -0.3 is 4.90 Å². The molecule has 0 aromatic carbocycles. The van der Waals surface area contributed by atoms with E-state index in [0.717, 1.165) is 22.2 Å². The molecule has 0 spiro atoms. The van der Waals surface area contributed by atoms with Crippen LogP contribution in [0.25, 0.3) is 0 Å². The van der Waals surface area contributed by atoms with Crippen LogP contribution < -0.4 is 4.90 Å². The number of rotatable bonds is 4. The molecule has 1 aromatic rings. The van der Waals surface area contributed by atoms with Crippen LogP contribution in [0.15, 0.2) is 16.7 Å². The summed E-state index contributed by atoms with van der Waals surface area (Å²) in [6.07, 6.45) is 7.04. The Morgan fingerprint density at radius 1 is 1.53 bits per heavy atom. The lowest BCUT2D eigenvalue weighted by Crippen LogP contribution is -2.30. The zero-order valence-corrected chi connectivity index (χ0v) is 13.3. The summed E-state index contributed by atoms with van der Waals surface area (Å²) in [6, 6.07) is 2.82. The zero-order valence-electron chi connectivity index (χ0n) is 10.1. The van der Waals surface area contributed by atoms with Gasteiger partial charge >= 0.3 is 0 Å². The molecular weight excluding hydrogens is 344 g/mol. The summed E-state index contributed by atoms with van der Waals surface area (Å²) in [5.41, 5.74) is 1.21. The van der Waals surface area contributed by atoms with Crippen molar-refractivity contribution in [2.45, 2.75) is 38.6 Å². The number of pyridine rings is 1. The molecule has 1 fully saturated rings. The Labute approximate surface area is 120 Å². The van der Waals surface area contributed by atoms with Gasteiger partial charge in [-0.15, -0.1) is 0 Å². The molecule has 1 atom stereocenters. The number of aryl methyl sites for hydroxylation is 1. The van der Waals surface area contributed by atoms with Crippen molar-refractivity contribution in [3.8, 4) is 0 Å². The van der Waals surface area contributed by atoms with Gasteiger partial charge in [-0.25, -0.2) is 4.98 Å². The number of nitrogens with zero attached hydrogens (tertiary/aromatic N) is 2. The van der Waals surface area contributed by atoms with E-state index in [1.165, 1.54) is 31.2 Å². The van der Waals surface area contributed by atoms with Gasteiger partial charge in [-0.1, -0.05) is 15.9 Å². The van der Waals surface area contributed by atoms with Gasteiger partial charge in [0.05, 0.1) is 4.47 Å². The first-order valence-corrected chi connectivity index (χ1v) is 8.08. The number of hydrogen-bond acceptors (Lipinski definition) is 2. The minimum atomic E-state index is 0.666. The van der Waals surface area contributed by atoms with Crippen LogP contribution in [0.1, 0.15) is 31.2 Å². The van der Waals surface area contributed by atoms with Crippen molar-refractivity contribution in [1.29, 1.82) is 0 Å². The van der Waals surface area contributed by atoms with E-state index in [9.17, 15) is 0 Å². The Morgan fingerprint density at radius 2 is 2.35 bits per heavy atom. The third-order valence-electron chi connectivity index (χ3n) is 3.28. The summed E-state index contributed by atoms with van der Waals surface area (Å²) in [7, 11) is 0. The highest BCUT2D eigenvalue weighted by molar-refractivity contribution is 9.10. The molecule has 94 valence electrons. The summed E-state index contributed by atoms with van der Waals surface area (Å²) >= 11 is 7.15. The first-order chi connectivity index (χ1) is 8.22. The summed E-state index contributed by atoms with van der Waals surface area (Å²) in [5, 5.41) is 1.10. The summed E-state index contributed by atoms with van der Waals surface area (Å²) in [4.78, 5) is 7.05. The van der Waals surface area contributed by atoms with Crippen molar-refractivity contribution in [2.75, 3.05) is 16.8 Å². The fourth-order valence-corrected chi connectivity index (χ4v) is 3.48. The molecule has 2 heterocycles. The second kappa shape index (κ2) is 6.19. The van der Waals surface area contributed by atoms with Crippen LogP contribution in [0.2, 0.25) is 0 Å². The molecular formula is C13H18Br2N2. The molecule has 0 bridgehead atoms. The van der Waals surface area contributed by atoms with Crippen LogP contribution in [0, 0.1) is 6.92 Å². The second-order valence-corrected chi connectivity index (χ2v) is 6.29. The Balaban J connectivity index is 2.14. The maximum atomic E-state index is 4.59. The molecule has 2 rings (SSSR count). The van der Waals surface area contributed by atoms with Crippen LogP contribution in [-0.2, 0) is 0 Å². The van der Waals surface area contributed by atoms with Crippen LogP contribution in [0.5, 0.6) is 0 Å².